The van der Waals surface area contributed by atoms with Gasteiger partial charge in [0.1, 0.15) is 0 Å². The Kier molecular flexibility index (Phi) is 5.30. The van der Waals surface area contributed by atoms with Crippen LogP contribution in [0.15, 0.2) is 28.8 Å². The minimum absolute atomic E-state index is 0.695. The number of nitrogens with zero attached hydrogens (tertiary/aromatic N) is 2. The molecular formula is C16H23N3O. The van der Waals surface area contributed by atoms with Crippen molar-refractivity contribution < 1.29 is 4.52 Å². The third kappa shape index (κ3) is 4.78. The van der Waals surface area contributed by atoms with Crippen molar-refractivity contribution in [3.05, 3.63) is 47.1 Å². The summed E-state index contributed by atoms with van der Waals surface area (Å²) in [6.45, 7) is 8.03. The van der Waals surface area contributed by atoms with Crippen molar-refractivity contribution in [1.29, 1.82) is 0 Å². The Morgan fingerprint density at radius 1 is 1.15 bits per heavy atom. The van der Waals surface area contributed by atoms with Crippen LogP contribution in [0.25, 0.3) is 0 Å². The van der Waals surface area contributed by atoms with Crippen LogP contribution in [0.2, 0.25) is 0 Å². The van der Waals surface area contributed by atoms with Gasteiger partial charge in [0.25, 0.3) is 0 Å². The van der Waals surface area contributed by atoms with Gasteiger partial charge in [0.15, 0.2) is 5.82 Å². The summed E-state index contributed by atoms with van der Waals surface area (Å²) in [5.74, 6) is 2.10. The molecule has 0 bridgehead atoms. The average Bonchev–Trinajstić information content (AvgIpc) is 2.82. The van der Waals surface area contributed by atoms with Crippen molar-refractivity contribution in [2.75, 3.05) is 6.54 Å². The molecule has 2 aromatic rings. The van der Waals surface area contributed by atoms with Gasteiger partial charge in [-0.3, -0.25) is 0 Å². The van der Waals surface area contributed by atoms with Crippen molar-refractivity contribution in [3.8, 4) is 0 Å². The Bertz CT molecular complexity index is 517. The molecular weight excluding hydrogens is 250 g/mol. The number of benzene rings is 1. The van der Waals surface area contributed by atoms with Gasteiger partial charge >= 0.3 is 0 Å². The summed E-state index contributed by atoms with van der Waals surface area (Å²) in [7, 11) is 0. The smallest absolute Gasteiger partial charge is 0.227 e. The van der Waals surface area contributed by atoms with Gasteiger partial charge in [0.2, 0.25) is 5.89 Å². The van der Waals surface area contributed by atoms with Crippen LogP contribution in [0.4, 0.5) is 0 Å². The predicted octanol–water partition coefficient (Wildman–Crippen LogP) is 2.91. The molecule has 0 unspecified atom stereocenters. The Morgan fingerprint density at radius 2 is 1.85 bits per heavy atom. The quantitative estimate of drug-likeness (QED) is 0.788. The van der Waals surface area contributed by atoms with Crippen LogP contribution in [-0.2, 0) is 19.4 Å². The minimum Gasteiger partial charge on any atom is -0.339 e. The van der Waals surface area contributed by atoms with E-state index in [9.17, 15) is 0 Å². The van der Waals surface area contributed by atoms with Crippen molar-refractivity contribution in [1.82, 2.24) is 15.5 Å². The summed E-state index contributed by atoms with van der Waals surface area (Å²) < 4.78 is 5.07. The maximum absolute atomic E-state index is 5.07. The van der Waals surface area contributed by atoms with Gasteiger partial charge in [-0.25, -0.2) is 0 Å². The van der Waals surface area contributed by atoms with E-state index in [2.05, 4.69) is 53.6 Å². The summed E-state index contributed by atoms with van der Waals surface area (Å²) in [5.41, 5.74) is 2.71. The normalized spacial score (nSPS) is 11.2. The third-order valence-corrected chi connectivity index (χ3v) is 3.08. The van der Waals surface area contributed by atoms with Crippen LogP contribution < -0.4 is 5.32 Å². The molecule has 0 atom stereocenters. The first kappa shape index (κ1) is 14.7. The maximum Gasteiger partial charge on any atom is 0.227 e. The van der Waals surface area contributed by atoms with E-state index in [4.69, 9.17) is 4.52 Å². The van der Waals surface area contributed by atoms with Crippen molar-refractivity contribution in [2.24, 2.45) is 5.92 Å². The van der Waals surface area contributed by atoms with Crippen molar-refractivity contribution >= 4 is 0 Å². The van der Waals surface area contributed by atoms with E-state index in [0.29, 0.717) is 17.6 Å². The van der Waals surface area contributed by atoms with E-state index < -0.39 is 0 Å². The molecule has 1 N–H and O–H groups in total. The zero-order valence-electron chi connectivity index (χ0n) is 12.5. The molecule has 1 aromatic heterocycles. The minimum atomic E-state index is 0.695. The average molecular weight is 273 g/mol. The number of aromatic nitrogens is 2. The molecule has 1 aromatic carbocycles. The zero-order valence-corrected chi connectivity index (χ0v) is 12.5. The summed E-state index contributed by atoms with van der Waals surface area (Å²) in [6.07, 6.45) is 1.91. The summed E-state index contributed by atoms with van der Waals surface area (Å²) in [4.78, 5) is 4.18. The molecule has 2 rings (SSSR count). The zero-order chi connectivity index (χ0) is 14.4. The first-order valence-corrected chi connectivity index (χ1v) is 7.21. The molecule has 4 heteroatoms. The lowest BCUT2D eigenvalue weighted by Gasteiger charge is -2.07. The van der Waals surface area contributed by atoms with Gasteiger partial charge in [-0.05, 0) is 30.4 Å². The van der Waals surface area contributed by atoms with E-state index >= 15 is 0 Å². The Morgan fingerprint density at radius 3 is 2.45 bits per heavy atom. The fourth-order valence-corrected chi connectivity index (χ4v) is 2.13. The lowest BCUT2D eigenvalue weighted by molar-refractivity contribution is 0.372. The summed E-state index contributed by atoms with van der Waals surface area (Å²) >= 11 is 0. The Balaban J connectivity index is 1.71. The largest absolute Gasteiger partial charge is 0.339 e. The molecule has 0 aliphatic heterocycles. The third-order valence-electron chi connectivity index (χ3n) is 3.08. The lowest BCUT2D eigenvalue weighted by Crippen LogP contribution is -2.16. The first-order valence-electron chi connectivity index (χ1n) is 7.21. The highest BCUT2D eigenvalue weighted by Gasteiger charge is 2.02. The van der Waals surface area contributed by atoms with E-state index in [0.717, 1.165) is 25.9 Å². The molecule has 0 aliphatic rings. The molecule has 0 fully saturated rings. The van der Waals surface area contributed by atoms with Crippen LogP contribution in [0.3, 0.4) is 0 Å². The van der Waals surface area contributed by atoms with Crippen LogP contribution in [0, 0.1) is 12.8 Å². The van der Waals surface area contributed by atoms with E-state index in [-0.39, 0.29) is 0 Å². The van der Waals surface area contributed by atoms with E-state index in [1.807, 2.05) is 6.92 Å². The van der Waals surface area contributed by atoms with Gasteiger partial charge in [-0.2, -0.15) is 4.98 Å². The van der Waals surface area contributed by atoms with Crippen LogP contribution in [-0.4, -0.2) is 16.7 Å². The molecule has 4 nitrogen and oxygen atoms in total. The summed E-state index contributed by atoms with van der Waals surface area (Å²) in [6, 6.07) is 8.83. The topological polar surface area (TPSA) is 51.0 Å². The molecule has 20 heavy (non-hydrogen) atoms. The monoisotopic (exact) mass is 273 g/mol. The summed E-state index contributed by atoms with van der Waals surface area (Å²) in [5, 5.41) is 7.16. The number of hydrogen-bond donors (Lipinski definition) is 1. The second-order valence-corrected chi connectivity index (χ2v) is 5.58. The molecule has 1 heterocycles. The lowest BCUT2D eigenvalue weighted by atomic mass is 10.0. The first-order chi connectivity index (χ1) is 9.63. The Labute approximate surface area is 120 Å². The standard InChI is InChI=1S/C16H23N3O/c1-12(2)10-14-4-6-15(7-5-14)11-17-9-8-16-18-13(3)19-20-16/h4-7,12,17H,8-11H2,1-3H3. The number of aryl methyl sites for hydroxylation is 1. The van der Waals surface area contributed by atoms with E-state index in [1.165, 1.54) is 11.1 Å². The Hall–Kier alpha value is -1.68. The highest BCUT2D eigenvalue weighted by molar-refractivity contribution is 5.22. The maximum atomic E-state index is 5.07. The molecule has 0 aliphatic carbocycles. The second kappa shape index (κ2) is 7.20. The highest BCUT2D eigenvalue weighted by Crippen LogP contribution is 2.09. The molecule has 0 amide bonds. The number of nitrogens with one attached hydrogen (secondary N) is 1. The van der Waals surface area contributed by atoms with Gasteiger partial charge in [0, 0.05) is 19.5 Å². The molecule has 0 saturated heterocycles. The fourth-order valence-electron chi connectivity index (χ4n) is 2.13. The van der Waals surface area contributed by atoms with Gasteiger partial charge in [-0.15, -0.1) is 0 Å². The van der Waals surface area contributed by atoms with Crippen LogP contribution >= 0.6 is 0 Å². The predicted molar refractivity (Wildman–Crippen MR) is 79.4 cm³/mol. The van der Waals surface area contributed by atoms with Crippen molar-refractivity contribution in [3.63, 3.8) is 0 Å². The SMILES string of the molecule is Cc1noc(CCNCc2ccc(CC(C)C)cc2)n1. The molecule has 108 valence electrons. The number of hydrogen-bond acceptors (Lipinski definition) is 4. The van der Waals surface area contributed by atoms with Gasteiger partial charge < -0.3 is 9.84 Å². The highest BCUT2D eigenvalue weighted by atomic mass is 16.5. The van der Waals surface area contributed by atoms with Crippen LogP contribution in [0.1, 0.15) is 36.7 Å². The molecule has 0 radical (unpaired) electrons. The van der Waals surface area contributed by atoms with Crippen molar-refractivity contribution in [2.45, 2.75) is 40.2 Å². The van der Waals surface area contributed by atoms with Gasteiger partial charge in [0.05, 0.1) is 0 Å². The second-order valence-electron chi connectivity index (χ2n) is 5.58. The molecule has 0 spiro atoms. The fraction of sp³-hybridized carbons (Fsp3) is 0.500. The number of rotatable bonds is 7. The van der Waals surface area contributed by atoms with Crippen LogP contribution in [0.5, 0.6) is 0 Å². The molecule has 0 saturated carbocycles. The van der Waals surface area contributed by atoms with E-state index in [1.54, 1.807) is 0 Å². The van der Waals surface area contributed by atoms with Gasteiger partial charge in [-0.1, -0.05) is 43.3 Å².